The van der Waals surface area contributed by atoms with E-state index in [-0.39, 0.29) is 11.8 Å². The third-order valence-corrected chi connectivity index (χ3v) is 4.25. The van der Waals surface area contributed by atoms with Gasteiger partial charge in [0, 0.05) is 25.4 Å². The van der Waals surface area contributed by atoms with E-state index >= 15 is 0 Å². The summed E-state index contributed by atoms with van der Waals surface area (Å²) in [6.07, 6.45) is 1.66. The third-order valence-electron chi connectivity index (χ3n) is 4.25. The molecule has 3 rings (SSSR count). The summed E-state index contributed by atoms with van der Waals surface area (Å²) in [7, 11) is 1.58. The maximum Gasteiger partial charge on any atom is 0.254 e. The lowest BCUT2D eigenvalue weighted by molar-refractivity contribution is -0.125. The smallest absolute Gasteiger partial charge is 0.254 e. The summed E-state index contributed by atoms with van der Waals surface area (Å²) in [5, 5.41) is 7.08. The van der Waals surface area contributed by atoms with Crippen LogP contribution < -0.4 is 5.32 Å². The van der Waals surface area contributed by atoms with Crippen LogP contribution in [0.15, 0.2) is 36.5 Å². The van der Waals surface area contributed by atoms with E-state index < -0.39 is 6.04 Å². The molecule has 7 heteroatoms. The Balaban J connectivity index is 1.79. The van der Waals surface area contributed by atoms with E-state index in [0.29, 0.717) is 31.8 Å². The molecule has 1 N–H and O–H groups in total. The number of methoxy groups -OCH3 is 1. The van der Waals surface area contributed by atoms with E-state index in [1.807, 2.05) is 31.2 Å². The molecule has 1 aromatic heterocycles. The van der Waals surface area contributed by atoms with Gasteiger partial charge in [-0.05, 0) is 25.1 Å². The second kappa shape index (κ2) is 7.48. The Labute approximate surface area is 146 Å². The van der Waals surface area contributed by atoms with Crippen molar-refractivity contribution in [1.29, 1.82) is 0 Å². The molecule has 0 radical (unpaired) electrons. The van der Waals surface area contributed by atoms with E-state index in [2.05, 4.69) is 10.4 Å². The number of carbonyl (C=O) groups is 2. The minimum Gasteiger partial charge on any atom is -0.383 e. The standard InChI is InChI=1S/C18H22N4O3/c1-13-4-3-5-14(10-13)18(24)21-11-15-6-7-20-22(15)16(12-21)17(23)19-8-9-25-2/h3-7,10,16H,8-9,11-12H2,1-2H3,(H,19,23). The Bertz CT molecular complexity index is 771. The Morgan fingerprint density at radius 1 is 1.36 bits per heavy atom. The largest absolute Gasteiger partial charge is 0.383 e. The van der Waals surface area contributed by atoms with Crippen molar-refractivity contribution in [3.8, 4) is 0 Å². The van der Waals surface area contributed by atoms with Gasteiger partial charge in [0.1, 0.15) is 6.04 Å². The lowest BCUT2D eigenvalue weighted by atomic mass is 10.1. The minimum atomic E-state index is -0.538. The lowest BCUT2D eigenvalue weighted by Crippen LogP contribution is -2.47. The van der Waals surface area contributed by atoms with Gasteiger partial charge >= 0.3 is 0 Å². The Hall–Kier alpha value is -2.67. The topological polar surface area (TPSA) is 76.5 Å². The highest BCUT2D eigenvalue weighted by Crippen LogP contribution is 2.22. The van der Waals surface area contributed by atoms with Crippen LogP contribution in [0.25, 0.3) is 0 Å². The molecule has 25 heavy (non-hydrogen) atoms. The van der Waals surface area contributed by atoms with Crippen molar-refractivity contribution < 1.29 is 14.3 Å². The van der Waals surface area contributed by atoms with E-state index in [4.69, 9.17) is 4.74 Å². The van der Waals surface area contributed by atoms with Crippen molar-refractivity contribution in [2.24, 2.45) is 0 Å². The monoisotopic (exact) mass is 342 g/mol. The summed E-state index contributed by atoms with van der Waals surface area (Å²) in [5.74, 6) is -0.241. The van der Waals surface area contributed by atoms with Crippen LogP contribution in [0, 0.1) is 6.92 Å². The molecule has 1 aromatic carbocycles. The van der Waals surface area contributed by atoms with E-state index in [9.17, 15) is 9.59 Å². The van der Waals surface area contributed by atoms with Crippen molar-refractivity contribution in [3.63, 3.8) is 0 Å². The molecule has 0 spiro atoms. The number of aromatic nitrogens is 2. The maximum atomic E-state index is 12.9. The summed E-state index contributed by atoms with van der Waals surface area (Å²) in [6.45, 7) is 3.55. The predicted molar refractivity (Wildman–Crippen MR) is 92.1 cm³/mol. The fourth-order valence-corrected chi connectivity index (χ4v) is 3.00. The molecular formula is C18H22N4O3. The van der Waals surface area contributed by atoms with Crippen LogP contribution in [0.2, 0.25) is 0 Å². The molecule has 1 unspecified atom stereocenters. The summed E-state index contributed by atoms with van der Waals surface area (Å²) >= 11 is 0. The van der Waals surface area contributed by atoms with Crippen LogP contribution in [0.5, 0.6) is 0 Å². The number of hydrogen-bond donors (Lipinski definition) is 1. The summed E-state index contributed by atoms with van der Waals surface area (Å²) in [6, 6.07) is 8.78. The van der Waals surface area contributed by atoms with Gasteiger partial charge in [0.15, 0.2) is 0 Å². The zero-order valence-corrected chi connectivity index (χ0v) is 14.4. The number of nitrogens with one attached hydrogen (secondary N) is 1. The fourth-order valence-electron chi connectivity index (χ4n) is 3.00. The van der Waals surface area contributed by atoms with Gasteiger partial charge in [-0.25, -0.2) is 0 Å². The zero-order chi connectivity index (χ0) is 17.8. The first kappa shape index (κ1) is 17.2. The highest BCUT2D eigenvalue weighted by atomic mass is 16.5. The first-order valence-corrected chi connectivity index (χ1v) is 8.25. The second-order valence-corrected chi connectivity index (χ2v) is 6.12. The van der Waals surface area contributed by atoms with E-state index in [0.717, 1.165) is 11.3 Å². The Morgan fingerprint density at radius 2 is 2.20 bits per heavy atom. The number of amides is 2. The summed E-state index contributed by atoms with van der Waals surface area (Å²) in [5.41, 5.74) is 2.51. The van der Waals surface area contributed by atoms with Crippen molar-refractivity contribution in [1.82, 2.24) is 20.0 Å². The van der Waals surface area contributed by atoms with Gasteiger partial charge in [-0.1, -0.05) is 17.7 Å². The van der Waals surface area contributed by atoms with Gasteiger partial charge in [-0.2, -0.15) is 5.10 Å². The number of fused-ring (bicyclic) bond motifs is 1. The van der Waals surface area contributed by atoms with E-state index in [1.165, 1.54) is 0 Å². The van der Waals surface area contributed by atoms with Gasteiger partial charge < -0.3 is 15.0 Å². The van der Waals surface area contributed by atoms with Crippen LogP contribution in [0.4, 0.5) is 0 Å². The predicted octanol–water partition coefficient (Wildman–Crippen LogP) is 1.15. The van der Waals surface area contributed by atoms with Gasteiger partial charge in [0.2, 0.25) is 5.91 Å². The maximum absolute atomic E-state index is 12.9. The van der Waals surface area contributed by atoms with E-state index in [1.54, 1.807) is 29.0 Å². The molecule has 1 atom stereocenters. The first-order valence-electron chi connectivity index (χ1n) is 8.25. The highest BCUT2D eigenvalue weighted by Gasteiger charge is 2.33. The van der Waals surface area contributed by atoms with Crippen molar-refractivity contribution in [2.75, 3.05) is 26.8 Å². The molecule has 0 saturated heterocycles. The number of nitrogens with zero attached hydrogens (tertiary/aromatic N) is 3. The number of aryl methyl sites for hydroxylation is 1. The molecule has 0 aliphatic carbocycles. The number of ether oxygens (including phenoxy) is 1. The van der Waals surface area contributed by atoms with Crippen LogP contribution in [0.3, 0.4) is 0 Å². The normalized spacial score (nSPS) is 16.4. The first-order chi connectivity index (χ1) is 12.1. The van der Waals surface area contributed by atoms with Crippen LogP contribution in [-0.2, 0) is 16.1 Å². The average Bonchev–Trinajstić information content (AvgIpc) is 3.09. The van der Waals surface area contributed by atoms with Gasteiger partial charge in [0.05, 0.1) is 25.4 Å². The average molecular weight is 342 g/mol. The molecule has 2 heterocycles. The quantitative estimate of drug-likeness (QED) is 0.827. The number of carbonyl (C=O) groups excluding carboxylic acids is 2. The van der Waals surface area contributed by atoms with Crippen LogP contribution >= 0.6 is 0 Å². The van der Waals surface area contributed by atoms with Gasteiger partial charge in [0.25, 0.3) is 5.91 Å². The number of hydrogen-bond acceptors (Lipinski definition) is 4. The molecule has 1 aliphatic heterocycles. The van der Waals surface area contributed by atoms with Crippen LogP contribution in [0.1, 0.15) is 27.7 Å². The molecular weight excluding hydrogens is 320 g/mol. The molecule has 2 amide bonds. The number of rotatable bonds is 5. The third kappa shape index (κ3) is 3.71. The summed E-state index contributed by atoms with van der Waals surface area (Å²) < 4.78 is 6.66. The molecule has 132 valence electrons. The Kier molecular flexibility index (Phi) is 5.14. The minimum absolute atomic E-state index is 0.0779. The van der Waals surface area contributed by atoms with Crippen molar-refractivity contribution >= 4 is 11.8 Å². The molecule has 2 aromatic rings. The molecule has 0 bridgehead atoms. The van der Waals surface area contributed by atoms with Crippen LogP contribution in [-0.4, -0.2) is 53.3 Å². The zero-order valence-electron chi connectivity index (χ0n) is 14.4. The SMILES string of the molecule is COCCNC(=O)C1CN(C(=O)c2cccc(C)c2)Cc2ccnn21. The molecule has 1 aliphatic rings. The highest BCUT2D eigenvalue weighted by molar-refractivity contribution is 5.95. The Morgan fingerprint density at radius 3 is 2.96 bits per heavy atom. The molecule has 7 nitrogen and oxygen atoms in total. The molecule has 0 fully saturated rings. The lowest BCUT2D eigenvalue weighted by Gasteiger charge is -2.33. The van der Waals surface area contributed by atoms with Crippen molar-refractivity contribution in [2.45, 2.75) is 19.5 Å². The fraction of sp³-hybridized carbons (Fsp3) is 0.389. The number of benzene rings is 1. The van der Waals surface area contributed by atoms with Crippen molar-refractivity contribution in [3.05, 3.63) is 53.3 Å². The molecule has 0 saturated carbocycles. The second-order valence-electron chi connectivity index (χ2n) is 6.12. The summed E-state index contributed by atoms with van der Waals surface area (Å²) in [4.78, 5) is 27.1. The van der Waals surface area contributed by atoms with Gasteiger partial charge in [-0.3, -0.25) is 14.3 Å². The van der Waals surface area contributed by atoms with Gasteiger partial charge in [-0.15, -0.1) is 0 Å².